The number of anilines is 1. The number of benzene rings is 2. The highest BCUT2D eigenvalue weighted by atomic mass is 19.1. The number of aromatic nitrogens is 1. The van der Waals surface area contributed by atoms with Gasteiger partial charge in [0.1, 0.15) is 17.3 Å². The molecule has 1 saturated heterocycles. The molecule has 2 aromatic carbocycles. The normalized spacial score (nSPS) is 17.9. The first-order chi connectivity index (χ1) is 14.5. The molecule has 0 spiro atoms. The van der Waals surface area contributed by atoms with Crippen LogP contribution < -0.4 is 9.64 Å². The summed E-state index contributed by atoms with van der Waals surface area (Å²) in [6.07, 6.45) is 2.96. The van der Waals surface area contributed by atoms with E-state index in [0.29, 0.717) is 22.6 Å². The largest absolute Gasteiger partial charge is 0.507 e. The van der Waals surface area contributed by atoms with Crippen molar-refractivity contribution >= 4 is 23.1 Å². The van der Waals surface area contributed by atoms with Crippen LogP contribution in [0.1, 0.15) is 17.2 Å². The van der Waals surface area contributed by atoms with Crippen LogP contribution >= 0.6 is 0 Å². The number of hydrogen-bond donors (Lipinski definition) is 1. The van der Waals surface area contributed by atoms with Gasteiger partial charge in [-0.2, -0.15) is 0 Å². The van der Waals surface area contributed by atoms with Gasteiger partial charge in [-0.05, 0) is 54.1 Å². The summed E-state index contributed by atoms with van der Waals surface area (Å²) in [5.41, 5.74) is 1.24. The molecule has 4 rings (SSSR count). The summed E-state index contributed by atoms with van der Waals surface area (Å²) in [7, 11) is 1.53. The molecule has 30 heavy (non-hydrogen) atoms. The van der Waals surface area contributed by atoms with Crippen LogP contribution in [0.15, 0.2) is 78.6 Å². The van der Waals surface area contributed by atoms with Gasteiger partial charge >= 0.3 is 0 Å². The molecule has 150 valence electrons. The molecule has 6 nitrogen and oxygen atoms in total. The Morgan fingerprint density at radius 3 is 2.23 bits per heavy atom. The minimum Gasteiger partial charge on any atom is -0.507 e. The molecule has 1 aromatic heterocycles. The number of aliphatic hydroxyl groups excluding tert-OH is 1. The van der Waals surface area contributed by atoms with Gasteiger partial charge in [-0.1, -0.05) is 12.1 Å². The number of ketones is 1. The first-order valence-corrected chi connectivity index (χ1v) is 9.12. The Kier molecular flexibility index (Phi) is 5.02. The number of halogens is 1. The van der Waals surface area contributed by atoms with E-state index in [2.05, 4.69) is 4.98 Å². The predicted octanol–water partition coefficient (Wildman–Crippen LogP) is 3.86. The Balaban J connectivity index is 1.92. The molecule has 1 fully saturated rings. The molecular weight excluding hydrogens is 387 g/mol. The van der Waals surface area contributed by atoms with Gasteiger partial charge in [0.25, 0.3) is 11.7 Å². The molecule has 0 aliphatic carbocycles. The number of Topliss-reactive ketones (excluding diaryl/α,β-unsaturated/α-hetero) is 1. The van der Waals surface area contributed by atoms with Crippen molar-refractivity contribution < 1.29 is 23.8 Å². The summed E-state index contributed by atoms with van der Waals surface area (Å²) in [6.45, 7) is 0. The van der Waals surface area contributed by atoms with Crippen LogP contribution in [0.25, 0.3) is 5.76 Å². The highest BCUT2D eigenvalue weighted by Gasteiger charge is 2.46. The summed E-state index contributed by atoms with van der Waals surface area (Å²) in [5, 5.41) is 10.9. The summed E-state index contributed by atoms with van der Waals surface area (Å²) in [4.78, 5) is 31.1. The van der Waals surface area contributed by atoms with E-state index >= 15 is 0 Å². The molecule has 1 atom stereocenters. The first-order valence-electron chi connectivity index (χ1n) is 9.12. The summed E-state index contributed by atoms with van der Waals surface area (Å²) in [6, 6.07) is 14.3. The van der Waals surface area contributed by atoms with Crippen LogP contribution in [0.2, 0.25) is 0 Å². The van der Waals surface area contributed by atoms with E-state index in [-0.39, 0.29) is 11.3 Å². The minimum atomic E-state index is -0.894. The molecule has 0 bridgehead atoms. The number of methoxy groups -OCH3 is 1. The van der Waals surface area contributed by atoms with Gasteiger partial charge < -0.3 is 9.84 Å². The van der Waals surface area contributed by atoms with Gasteiger partial charge in [0.2, 0.25) is 0 Å². The second-order valence-electron chi connectivity index (χ2n) is 6.65. The Hall–Kier alpha value is -4.00. The van der Waals surface area contributed by atoms with Crippen LogP contribution in [0.4, 0.5) is 10.1 Å². The van der Waals surface area contributed by atoms with Gasteiger partial charge in [0.05, 0.1) is 18.7 Å². The van der Waals surface area contributed by atoms with E-state index in [1.807, 2.05) is 0 Å². The SMILES string of the molecule is COc1ccc(C2/C(=C(/O)c3ccncc3)C(=O)C(=O)N2c2ccc(F)cc2)cc1. The molecule has 1 amide bonds. The number of ether oxygens (including phenoxy) is 1. The summed E-state index contributed by atoms with van der Waals surface area (Å²) >= 11 is 0. The second kappa shape index (κ2) is 7.79. The fraction of sp³-hybridized carbons (Fsp3) is 0.0870. The van der Waals surface area contributed by atoms with Gasteiger partial charge in [0, 0.05) is 23.6 Å². The zero-order chi connectivity index (χ0) is 21.3. The third-order valence-electron chi connectivity index (χ3n) is 4.93. The molecule has 1 unspecified atom stereocenters. The zero-order valence-electron chi connectivity index (χ0n) is 15.9. The lowest BCUT2D eigenvalue weighted by molar-refractivity contribution is -0.132. The molecule has 1 aliphatic heterocycles. The van der Waals surface area contributed by atoms with Gasteiger partial charge in [0.15, 0.2) is 0 Å². The standard InChI is InChI=1S/C23H17FN2O4/c1-30-18-8-2-14(3-9-18)20-19(21(27)15-10-12-25-13-11-15)22(28)23(29)26(20)17-6-4-16(24)5-7-17/h2-13,20,27H,1H3/b21-19-. The van der Waals surface area contributed by atoms with Crippen molar-refractivity contribution in [2.75, 3.05) is 12.0 Å². The van der Waals surface area contributed by atoms with Gasteiger partial charge in [-0.15, -0.1) is 0 Å². The minimum absolute atomic E-state index is 0.0549. The van der Waals surface area contributed by atoms with Crippen molar-refractivity contribution in [2.24, 2.45) is 0 Å². The quantitative estimate of drug-likeness (QED) is 0.406. The second-order valence-corrected chi connectivity index (χ2v) is 6.65. The van der Waals surface area contributed by atoms with Crippen molar-refractivity contribution in [3.05, 3.63) is 95.6 Å². The number of hydrogen-bond acceptors (Lipinski definition) is 5. The van der Waals surface area contributed by atoms with Crippen LogP contribution in [-0.4, -0.2) is 28.9 Å². The Bertz CT molecular complexity index is 1130. The number of pyridine rings is 1. The van der Waals surface area contributed by atoms with Crippen LogP contribution in [-0.2, 0) is 9.59 Å². The van der Waals surface area contributed by atoms with Crippen LogP contribution in [0.3, 0.4) is 0 Å². The van der Waals surface area contributed by atoms with Crippen LogP contribution in [0, 0.1) is 5.82 Å². The highest BCUT2D eigenvalue weighted by Crippen LogP contribution is 2.42. The predicted molar refractivity (Wildman–Crippen MR) is 108 cm³/mol. The fourth-order valence-corrected chi connectivity index (χ4v) is 3.47. The van der Waals surface area contributed by atoms with E-state index in [4.69, 9.17) is 4.74 Å². The number of aliphatic hydroxyl groups is 1. The van der Waals surface area contributed by atoms with Crippen molar-refractivity contribution in [3.8, 4) is 5.75 Å². The topological polar surface area (TPSA) is 79.7 Å². The maximum Gasteiger partial charge on any atom is 0.300 e. The third kappa shape index (κ3) is 3.30. The molecule has 1 aliphatic rings. The molecular formula is C23H17FN2O4. The lowest BCUT2D eigenvalue weighted by atomic mass is 9.95. The third-order valence-corrected chi connectivity index (χ3v) is 4.93. The maximum absolute atomic E-state index is 13.4. The first kappa shape index (κ1) is 19.3. The highest BCUT2D eigenvalue weighted by molar-refractivity contribution is 6.51. The Morgan fingerprint density at radius 2 is 1.63 bits per heavy atom. The molecule has 7 heteroatoms. The smallest absolute Gasteiger partial charge is 0.300 e. The average Bonchev–Trinajstić information content (AvgIpc) is 3.05. The summed E-state index contributed by atoms with van der Waals surface area (Å²) < 4.78 is 18.6. The average molecular weight is 404 g/mol. The maximum atomic E-state index is 13.4. The lowest BCUT2D eigenvalue weighted by Gasteiger charge is -2.25. The lowest BCUT2D eigenvalue weighted by Crippen LogP contribution is -2.29. The molecule has 0 radical (unpaired) electrons. The van der Waals surface area contributed by atoms with Crippen molar-refractivity contribution in [3.63, 3.8) is 0 Å². The van der Waals surface area contributed by atoms with Gasteiger partial charge in [-0.25, -0.2) is 4.39 Å². The Morgan fingerprint density at radius 1 is 1.00 bits per heavy atom. The summed E-state index contributed by atoms with van der Waals surface area (Å²) in [5.74, 6) is -1.80. The van der Waals surface area contributed by atoms with E-state index in [9.17, 15) is 19.1 Å². The van der Waals surface area contributed by atoms with Crippen molar-refractivity contribution in [1.29, 1.82) is 0 Å². The molecule has 3 aromatic rings. The molecule has 1 N–H and O–H groups in total. The number of carbonyl (C=O) groups excluding carboxylic acids is 2. The Labute approximate surface area is 171 Å². The molecule has 0 saturated carbocycles. The van der Waals surface area contributed by atoms with Crippen molar-refractivity contribution in [2.45, 2.75) is 6.04 Å². The fourth-order valence-electron chi connectivity index (χ4n) is 3.47. The van der Waals surface area contributed by atoms with Crippen molar-refractivity contribution in [1.82, 2.24) is 4.98 Å². The van der Waals surface area contributed by atoms with E-state index in [0.717, 1.165) is 0 Å². The van der Waals surface area contributed by atoms with Gasteiger partial charge in [-0.3, -0.25) is 19.5 Å². The zero-order valence-corrected chi connectivity index (χ0v) is 15.9. The van der Waals surface area contributed by atoms with E-state index in [1.54, 1.807) is 36.4 Å². The number of carbonyl (C=O) groups is 2. The number of amides is 1. The number of nitrogens with zero attached hydrogens (tertiary/aromatic N) is 2. The van der Waals surface area contributed by atoms with E-state index in [1.165, 1.54) is 48.7 Å². The molecule has 2 heterocycles. The monoisotopic (exact) mass is 404 g/mol. The van der Waals surface area contributed by atoms with E-state index < -0.39 is 23.5 Å². The van der Waals surface area contributed by atoms with Crippen LogP contribution in [0.5, 0.6) is 5.75 Å². The number of rotatable bonds is 4.